The average molecular weight is 806 g/mol. The SMILES string of the molecule is C[C@H]1NC(=O)[C@@H]2CCCN2C(=O)[C@H](Cc2ccc(O)cc2)NC(=O)[C@H](CCCN=C(N)N[N+](=O)[O-])NC(=O)[C@H](Cc2c[nH]c3ccccc23)NC(=O)[C@H](CO)NC1=O. The summed E-state index contributed by atoms with van der Waals surface area (Å²) in [6.07, 6.45) is 2.08. The van der Waals surface area contributed by atoms with E-state index in [1.54, 1.807) is 35.9 Å². The number of H-pyrrole nitrogens is 1. The van der Waals surface area contributed by atoms with Crippen molar-refractivity contribution in [3.63, 3.8) is 0 Å². The van der Waals surface area contributed by atoms with Gasteiger partial charge in [-0.2, -0.15) is 0 Å². The molecule has 0 spiro atoms. The van der Waals surface area contributed by atoms with Crippen molar-refractivity contribution in [3.8, 4) is 5.75 Å². The van der Waals surface area contributed by atoms with Crippen LogP contribution >= 0.6 is 0 Å². The Morgan fingerprint density at radius 2 is 1.53 bits per heavy atom. The van der Waals surface area contributed by atoms with Crippen LogP contribution in [-0.2, 0) is 41.6 Å². The second kappa shape index (κ2) is 19.4. The maximum absolute atomic E-state index is 14.3. The lowest BCUT2D eigenvalue weighted by atomic mass is 10.0. The van der Waals surface area contributed by atoms with Crippen molar-refractivity contribution in [2.24, 2.45) is 10.7 Å². The zero-order valence-corrected chi connectivity index (χ0v) is 31.6. The van der Waals surface area contributed by atoms with Crippen molar-refractivity contribution in [1.29, 1.82) is 0 Å². The Hall–Kier alpha value is -6.77. The number of aromatic amines is 1. The number of phenols is 1. The molecule has 2 saturated heterocycles. The molecule has 2 aliphatic rings. The first-order valence-corrected chi connectivity index (χ1v) is 18.7. The number of benzene rings is 2. The molecule has 310 valence electrons. The molecule has 21 nitrogen and oxygen atoms in total. The number of fused-ring (bicyclic) bond motifs is 2. The standard InChI is InChI=1S/C37H47N11O10/c1-20-31(51)45-29(19-49)34(54)43-27(17-22-18-40-25-7-3-2-6-24(22)25)33(53)42-26(8-4-14-39-37(38)46-48(57)58)32(52)44-28(16-21-10-12-23(50)13-11-21)36(56)47-15-5-9-30(47)35(55)41-20/h2-3,6-7,10-13,18,20,26-30,40,49-50H,4-5,8-9,14-17,19H2,1H3,(H,41,55)(H,42,53)(H,43,54)(H,44,52)(H,45,51)(H3,38,39,46)/t20-,26+,27+,28+,29+,30+/m1/s1. The molecular formula is C37H47N11O10. The van der Waals surface area contributed by atoms with E-state index >= 15 is 0 Å². The lowest BCUT2D eigenvalue weighted by Gasteiger charge is -2.31. The fraction of sp³-hybridized carbons (Fsp3) is 0.432. The summed E-state index contributed by atoms with van der Waals surface area (Å²) in [5, 5.41) is 43.7. The van der Waals surface area contributed by atoms with Gasteiger partial charge in [-0.1, -0.05) is 35.8 Å². The molecule has 2 fully saturated rings. The molecule has 0 saturated carbocycles. The van der Waals surface area contributed by atoms with Crippen LogP contribution in [0.3, 0.4) is 0 Å². The smallest absolute Gasteiger partial charge is 0.251 e. The maximum Gasteiger partial charge on any atom is 0.251 e. The monoisotopic (exact) mass is 805 g/mol. The van der Waals surface area contributed by atoms with E-state index in [2.05, 4.69) is 36.6 Å². The molecule has 5 rings (SSSR count). The number of aromatic hydroxyl groups is 1. The van der Waals surface area contributed by atoms with Crippen molar-refractivity contribution in [1.82, 2.24) is 41.9 Å². The number of carbonyl (C=O) groups is 6. The quantitative estimate of drug-likeness (QED) is 0.0349. The van der Waals surface area contributed by atoms with Gasteiger partial charge in [0.05, 0.1) is 6.61 Å². The van der Waals surface area contributed by atoms with Crippen LogP contribution < -0.4 is 37.7 Å². The number of hydrogen-bond acceptors (Lipinski definition) is 11. The predicted molar refractivity (Wildman–Crippen MR) is 207 cm³/mol. The number of guanidine groups is 1. The largest absolute Gasteiger partial charge is 0.508 e. The summed E-state index contributed by atoms with van der Waals surface area (Å²) in [6, 6.07) is 5.34. The fourth-order valence-corrected chi connectivity index (χ4v) is 6.88. The Balaban J connectivity index is 1.52. The number of aliphatic hydroxyl groups is 1. The second-order valence-corrected chi connectivity index (χ2v) is 14.1. The van der Waals surface area contributed by atoms with Crippen molar-refractivity contribution in [2.45, 2.75) is 81.7 Å². The number of nitrogens with one attached hydrogen (secondary N) is 7. The molecule has 3 heterocycles. The Morgan fingerprint density at radius 3 is 2.26 bits per heavy atom. The summed E-state index contributed by atoms with van der Waals surface area (Å²) in [6.45, 7) is 0.545. The molecule has 3 aromatic rings. The normalized spacial score (nSPS) is 24.1. The van der Waals surface area contributed by atoms with E-state index in [9.17, 15) is 49.1 Å². The van der Waals surface area contributed by atoms with Crippen LogP contribution in [0.4, 0.5) is 0 Å². The zero-order valence-electron chi connectivity index (χ0n) is 31.6. The van der Waals surface area contributed by atoms with Gasteiger partial charge >= 0.3 is 0 Å². The minimum Gasteiger partial charge on any atom is -0.508 e. The van der Waals surface area contributed by atoms with Crippen LogP contribution in [0.15, 0.2) is 59.7 Å². The van der Waals surface area contributed by atoms with Crippen molar-refractivity contribution in [3.05, 3.63) is 76.0 Å². The number of phenolic OH excluding ortho intramolecular Hbond substituents is 1. The minimum atomic E-state index is -1.55. The number of hydrazine groups is 1. The Kier molecular flexibility index (Phi) is 14.2. The molecule has 11 N–H and O–H groups in total. The minimum absolute atomic E-state index is 0.0302. The van der Waals surface area contributed by atoms with Crippen LogP contribution in [-0.4, -0.2) is 122 Å². The van der Waals surface area contributed by atoms with Crippen LogP contribution in [0.5, 0.6) is 5.75 Å². The van der Waals surface area contributed by atoms with Crippen molar-refractivity contribution < 1.29 is 44.0 Å². The van der Waals surface area contributed by atoms with Gasteiger partial charge in [-0.05, 0) is 61.9 Å². The number of nitrogens with zero attached hydrogens (tertiary/aromatic N) is 3. The summed E-state index contributed by atoms with van der Waals surface area (Å²) in [7, 11) is 0. The molecule has 0 radical (unpaired) electrons. The van der Waals surface area contributed by atoms with Crippen LogP contribution in [0.25, 0.3) is 10.9 Å². The van der Waals surface area contributed by atoms with E-state index in [1.807, 2.05) is 12.1 Å². The fourth-order valence-electron chi connectivity index (χ4n) is 6.88. The average Bonchev–Trinajstić information content (AvgIpc) is 3.85. The van der Waals surface area contributed by atoms with E-state index < -0.39 is 89.3 Å². The van der Waals surface area contributed by atoms with Gasteiger partial charge in [-0.25, -0.2) is 15.1 Å². The van der Waals surface area contributed by atoms with Gasteiger partial charge in [0.2, 0.25) is 35.4 Å². The molecule has 0 aliphatic carbocycles. The Labute approximate surface area is 331 Å². The molecule has 21 heteroatoms. The first-order valence-electron chi connectivity index (χ1n) is 18.7. The number of carbonyl (C=O) groups excluding carboxylic acids is 6. The number of amides is 6. The molecule has 0 unspecified atom stereocenters. The highest BCUT2D eigenvalue weighted by molar-refractivity contribution is 5.98. The number of rotatable bonds is 10. The number of nitrogens with two attached hydrogens (primary N) is 1. The predicted octanol–water partition coefficient (Wildman–Crippen LogP) is -2.02. The molecule has 1 aromatic heterocycles. The molecule has 6 atom stereocenters. The van der Waals surface area contributed by atoms with Gasteiger partial charge in [-0.15, -0.1) is 0 Å². The number of aliphatic hydroxyl groups excluding tert-OH is 1. The third-order valence-electron chi connectivity index (χ3n) is 9.90. The number of hydrogen-bond donors (Lipinski definition) is 10. The maximum atomic E-state index is 14.3. The molecule has 0 bridgehead atoms. The number of para-hydroxylation sites is 1. The lowest BCUT2D eigenvalue weighted by molar-refractivity contribution is -0.525. The molecule has 2 aliphatic heterocycles. The third kappa shape index (κ3) is 11.0. The van der Waals surface area contributed by atoms with E-state index in [4.69, 9.17) is 5.73 Å². The summed E-state index contributed by atoms with van der Waals surface area (Å²) in [5.41, 5.74) is 9.17. The lowest BCUT2D eigenvalue weighted by Crippen LogP contribution is -2.62. The van der Waals surface area contributed by atoms with Gasteiger partial charge in [0.25, 0.3) is 5.96 Å². The van der Waals surface area contributed by atoms with Crippen molar-refractivity contribution in [2.75, 3.05) is 19.7 Å². The molecule has 58 heavy (non-hydrogen) atoms. The van der Waals surface area contributed by atoms with Crippen LogP contribution in [0.1, 0.15) is 43.7 Å². The first-order chi connectivity index (χ1) is 27.7. The van der Waals surface area contributed by atoms with Gasteiger partial charge in [0.15, 0.2) is 5.03 Å². The van der Waals surface area contributed by atoms with E-state index in [1.165, 1.54) is 24.0 Å². The van der Waals surface area contributed by atoms with E-state index in [-0.39, 0.29) is 50.9 Å². The summed E-state index contributed by atoms with van der Waals surface area (Å²) in [5.74, 6) is -5.17. The Bertz CT molecular complexity index is 2040. The summed E-state index contributed by atoms with van der Waals surface area (Å²) >= 11 is 0. The molecular weight excluding hydrogens is 758 g/mol. The highest BCUT2D eigenvalue weighted by Gasteiger charge is 2.40. The first kappa shape index (κ1) is 42.4. The van der Waals surface area contributed by atoms with Crippen LogP contribution in [0, 0.1) is 10.1 Å². The number of aromatic nitrogens is 1. The van der Waals surface area contributed by atoms with Gasteiger partial charge in [0.1, 0.15) is 42.0 Å². The van der Waals surface area contributed by atoms with E-state index in [0.29, 0.717) is 17.5 Å². The highest BCUT2D eigenvalue weighted by Crippen LogP contribution is 2.22. The Morgan fingerprint density at radius 1 is 0.879 bits per heavy atom. The summed E-state index contributed by atoms with van der Waals surface area (Å²) in [4.78, 5) is 102. The van der Waals surface area contributed by atoms with Gasteiger partial charge < -0.3 is 52.4 Å². The second-order valence-electron chi connectivity index (χ2n) is 14.1. The number of aliphatic imine (C=N–C) groups is 1. The molecule has 6 amide bonds. The van der Waals surface area contributed by atoms with Crippen LogP contribution in [0.2, 0.25) is 0 Å². The van der Waals surface area contributed by atoms with Crippen molar-refractivity contribution >= 4 is 52.3 Å². The van der Waals surface area contributed by atoms with Gasteiger partial charge in [-0.3, -0.25) is 28.8 Å². The molecule has 2 aromatic carbocycles. The van der Waals surface area contributed by atoms with Gasteiger partial charge in [0, 0.05) is 43.0 Å². The zero-order chi connectivity index (χ0) is 41.9. The van der Waals surface area contributed by atoms with E-state index in [0.717, 1.165) is 10.9 Å². The number of nitro groups is 1. The summed E-state index contributed by atoms with van der Waals surface area (Å²) < 4.78 is 0. The third-order valence-corrected chi connectivity index (χ3v) is 9.90. The topological polar surface area (TPSA) is 316 Å². The highest BCUT2D eigenvalue weighted by atomic mass is 16.7.